The lowest BCUT2D eigenvalue weighted by atomic mass is 10.2. The number of nitrogens with zero attached hydrogens (tertiary/aromatic N) is 2. The Morgan fingerprint density at radius 2 is 2.04 bits per heavy atom. The number of methoxy groups -OCH3 is 2. The maximum Gasteiger partial charge on any atom is 0.233 e. The molecule has 8 heteroatoms. The number of hydrogen-bond donors (Lipinski definition) is 2. The minimum Gasteiger partial charge on any atom is -0.497 e. The first kappa shape index (κ1) is 19.1. The molecule has 1 heterocycles. The molecule has 0 aliphatic rings. The van der Waals surface area contributed by atoms with Crippen molar-refractivity contribution in [3.63, 3.8) is 0 Å². The molecule has 0 aliphatic carbocycles. The van der Waals surface area contributed by atoms with E-state index in [0.29, 0.717) is 34.9 Å². The molecule has 25 heavy (non-hydrogen) atoms. The third kappa shape index (κ3) is 5.12. The van der Waals surface area contributed by atoms with Gasteiger partial charge in [0.15, 0.2) is 5.82 Å². The van der Waals surface area contributed by atoms with Crippen molar-refractivity contribution < 1.29 is 14.3 Å². The molecule has 0 saturated carbocycles. The summed E-state index contributed by atoms with van der Waals surface area (Å²) in [5.41, 5.74) is 0.777. The van der Waals surface area contributed by atoms with Crippen molar-refractivity contribution in [3.8, 4) is 22.9 Å². The smallest absolute Gasteiger partial charge is 0.233 e. The van der Waals surface area contributed by atoms with Crippen molar-refractivity contribution in [1.29, 1.82) is 0 Å². The molecule has 0 aliphatic heterocycles. The number of carbonyl (C=O) groups is 1. The van der Waals surface area contributed by atoms with Crippen LogP contribution in [0.15, 0.2) is 23.4 Å². The minimum atomic E-state index is -0.278. The number of amides is 1. The van der Waals surface area contributed by atoms with Crippen LogP contribution in [-0.4, -0.2) is 47.1 Å². The topological polar surface area (TPSA) is 89.1 Å². The molecule has 7 nitrogen and oxygen atoms in total. The molecule has 2 N–H and O–H groups in total. The zero-order chi connectivity index (χ0) is 18.4. The number of benzene rings is 1. The molecule has 1 aromatic carbocycles. The van der Waals surface area contributed by atoms with Gasteiger partial charge in [-0.1, -0.05) is 25.6 Å². The number of thioether (sulfide) groups is 1. The van der Waals surface area contributed by atoms with Crippen LogP contribution in [0.3, 0.4) is 0 Å². The molecule has 1 aromatic heterocycles. The summed E-state index contributed by atoms with van der Waals surface area (Å²) in [6, 6.07) is 5.47. The lowest BCUT2D eigenvalue weighted by molar-refractivity contribution is -0.120. The van der Waals surface area contributed by atoms with Crippen LogP contribution in [0.2, 0.25) is 0 Å². The van der Waals surface area contributed by atoms with Crippen LogP contribution >= 0.6 is 11.8 Å². The van der Waals surface area contributed by atoms with Crippen molar-refractivity contribution in [1.82, 2.24) is 20.5 Å². The Morgan fingerprint density at radius 3 is 2.68 bits per heavy atom. The van der Waals surface area contributed by atoms with Crippen LogP contribution in [0.1, 0.15) is 20.8 Å². The fourth-order valence-corrected chi connectivity index (χ4v) is 2.82. The Kier molecular flexibility index (Phi) is 6.69. The van der Waals surface area contributed by atoms with Gasteiger partial charge in [0, 0.05) is 12.6 Å². The molecule has 2 aromatic rings. The summed E-state index contributed by atoms with van der Waals surface area (Å²) < 4.78 is 10.6. The second kappa shape index (κ2) is 8.75. The quantitative estimate of drug-likeness (QED) is 0.700. The van der Waals surface area contributed by atoms with Crippen molar-refractivity contribution in [2.45, 2.75) is 31.2 Å². The Bertz CT molecular complexity index is 718. The van der Waals surface area contributed by atoms with E-state index in [9.17, 15) is 4.79 Å². The second-order valence-corrected chi connectivity index (χ2v) is 7.24. The molecule has 136 valence electrons. The second-order valence-electron chi connectivity index (χ2n) is 5.93. The van der Waals surface area contributed by atoms with Gasteiger partial charge in [0.25, 0.3) is 0 Å². The summed E-state index contributed by atoms with van der Waals surface area (Å²) in [6.45, 7) is 6.61. The van der Waals surface area contributed by atoms with Crippen LogP contribution in [0, 0.1) is 5.92 Å². The Morgan fingerprint density at radius 1 is 1.28 bits per heavy atom. The Hall–Kier alpha value is -2.22. The maximum atomic E-state index is 12.1. The molecule has 0 fully saturated rings. The van der Waals surface area contributed by atoms with E-state index < -0.39 is 0 Å². The number of carbonyl (C=O) groups excluding carboxylic acids is 1. The number of nitrogens with one attached hydrogen (secondary N) is 2. The van der Waals surface area contributed by atoms with Crippen LogP contribution in [0.5, 0.6) is 11.5 Å². The lowest BCUT2D eigenvalue weighted by Gasteiger charge is -2.11. The average Bonchev–Trinajstić information content (AvgIpc) is 3.06. The third-order valence-electron chi connectivity index (χ3n) is 3.46. The SMILES string of the molecule is COc1ccc(-c2nc(S[C@H](C)C(=O)NCC(C)C)n[nH]2)c(OC)c1. The highest BCUT2D eigenvalue weighted by atomic mass is 32.2. The number of ether oxygens (including phenoxy) is 2. The molecule has 2 rings (SSSR count). The van der Waals surface area contributed by atoms with Gasteiger partial charge in [-0.25, -0.2) is 4.98 Å². The van der Waals surface area contributed by atoms with Crippen molar-refractivity contribution in [3.05, 3.63) is 18.2 Å². The van der Waals surface area contributed by atoms with Gasteiger partial charge in [-0.2, -0.15) is 0 Å². The third-order valence-corrected chi connectivity index (χ3v) is 4.43. The fraction of sp³-hybridized carbons (Fsp3) is 0.471. The Balaban J connectivity index is 2.08. The van der Waals surface area contributed by atoms with Crippen LogP contribution in [0.25, 0.3) is 11.4 Å². The summed E-state index contributed by atoms with van der Waals surface area (Å²) in [5, 5.41) is 10.2. The van der Waals surface area contributed by atoms with Crippen molar-refractivity contribution in [2.24, 2.45) is 5.92 Å². The molecule has 0 unspecified atom stereocenters. The van der Waals surface area contributed by atoms with E-state index >= 15 is 0 Å². The van der Waals surface area contributed by atoms with Crippen molar-refractivity contribution >= 4 is 17.7 Å². The summed E-state index contributed by atoms with van der Waals surface area (Å²) in [5.74, 6) is 2.31. The average molecular weight is 364 g/mol. The van der Waals surface area contributed by atoms with Gasteiger partial charge in [0.2, 0.25) is 11.1 Å². The van der Waals surface area contributed by atoms with E-state index in [2.05, 4.69) is 34.3 Å². The highest BCUT2D eigenvalue weighted by molar-refractivity contribution is 8.00. The molecular formula is C17H24N4O3S. The van der Waals surface area contributed by atoms with Gasteiger partial charge in [-0.15, -0.1) is 5.10 Å². The van der Waals surface area contributed by atoms with E-state index in [1.165, 1.54) is 11.8 Å². The van der Waals surface area contributed by atoms with Gasteiger partial charge in [0.05, 0.1) is 25.0 Å². The number of H-pyrrole nitrogens is 1. The first-order valence-corrected chi connectivity index (χ1v) is 8.91. The van der Waals surface area contributed by atoms with E-state index in [1.54, 1.807) is 20.3 Å². The molecule has 1 atom stereocenters. The lowest BCUT2D eigenvalue weighted by Crippen LogP contribution is -2.33. The Labute approximate surface area is 151 Å². The van der Waals surface area contributed by atoms with Crippen LogP contribution < -0.4 is 14.8 Å². The zero-order valence-electron chi connectivity index (χ0n) is 15.1. The summed E-state index contributed by atoms with van der Waals surface area (Å²) in [7, 11) is 3.19. The minimum absolute atomic E-state index is 0.0212. The molecular weight excluding hydrogens is 340 g/mol. The maximum absolute atomic E-state index is 12.1. The van der Waals surface area contributed by atoms with E-state index in [1.807, 2.05) is 19.1 Å². The van der Waals surface area contributed by atoms with Gasteiger partial charge < -0.3 is 14.8 Å². The predicted octanol–water partition coefficient (Wildman–Crippen LogP) is 2.74. The molecule has 0 bridgehead atoms. The van der Waals surface area contributed by atoms with Gasteiger partial charge in [-0.3, -0.25) is 9.89 Å². The van der Waals surface area contributed by atoms with Gasteiger partial charge in [-0.05, 0) is 25.0 Å². The summed E-state index contributed by atoms with van der Waals surface area (Å²) >= 11 is 1.31. The first-order valence-electron chi connectivity index (χ1n) is 8.03. The number of aromatic amines is 1. The molecule has 1 amide bonds. The fourth-order valence-electron chi connectivity index (χ4n) is 2.07. The molecule has 0 saturated heterocycles. The predicted molar refractivity (Wildman–Crippen MR) is 98.1 cm³/mol. The number of rotatable bonds is 8. The summed E-state index contributed by atoms with van der Waals surface area (Å²) in [6.07, 6.45) is 0. The number of hydrogen-bond acceptors (Lipinski definition) is 6. The van der Waals surface area contributed by atoms with E-state index in [4.69, 9.17) is 9.47 Å². The van der Waals surface area contributed by atoms with Gasteiger partial charge in [0.1, 0.15) is 11.5 Å². The van der Waals surface area contributed by atoms with E-state index in [0.717, 1.165) is 5.56 Å². The van der Waals surface area contributed by atoms with Gasteiger partial charge >= 0.3 is 0 Å². The van der Waals surface area contributed by atoms with E-state index in [-0.39, 0.29) is 11.2 Å². The largest absolute Gasteiger partial charge is 0.497 e. The molecule has 0 spiro atoms. The monoisotopic (exact) mass is 364 g/mol. The summed E-state index contributed by atoms with van der Waals surface area (Å²) in [4.78, 5) is 16.5. The zero-order valence-corrected chi connectivity index (χ0v) is 15.9. The molecule has 0 radical (unpaired) electrons. The normalized spacial score (nSPS) is 12.1. The van der Waals surface area contributed by atoms with Crippen molar-refractivity contribution in [2.75, 3.05) is 20.8 Å². The first-order chi connectivity index (χ1) is 11.9. The highest BCUT2D eigenvalue weighted by Crippen LogP contribution is 2.32. The van der Waals surface area contributed by atoms with Crippen LogP contribution in [0.4, 0.5) is 0 Å². The highest BCUT2D eigenvalue weighted by Gasteiger charge is 2.18. The number of aromatic nitrogens is 3. The standard InChI is InChI=1S/C17H24N4O3S/c1-10(2)9-18-16(22)11(3)25-17-19-15(20-21-17)13-7-6-12(23-4)8-14(13)24-5/h6-8,10-11H,9H2,1-5H3,(H,18,22)(H,19,20,21)/t11-/m1/s1. The van der Waals surface area contributed by atoms with Crippen LogP contribution in [-0.2, 0) is 4.79 Å².